The lowest BCUT2D eigenvalue weighted by atomic mass is 10.3. The van der Waals surface area contributed by atoms with E-state index in [0.717, 1.165) is 17.0 Å². The van der Waals surface area contributed by atoms with Gasteiger partial charge in [0.05, 0.1) is 12.0 Å². The van der Waals surface area contributed by atoms with Crippen molar-refractivity contribution in [1.82, 2.24) is 14.5 Å². The number of carbonyl (C=O) groups excluding carboxylic acids is 1. The number of carbonyl (C=O) groups is 1. The Hall–Kier alpha value is -3.14. The molecule has 0 amide bonds. The first-order valence-electron chi connectivity index (χ1n) is 7.42. The summed E-state index contributed by atoms with van der Waals surface area (Å²) in [5.74, 6) is -0.787. The van der Waals surface area contributed by atoms with Crippen molar-refractivity contribution in [2.45, 2.75) is 20.4 Å². The van der Waals surface area contributed by atoms with Crippen LogP contribution >= 0.6 is 11.3 Å². The Balaban J connectivity index is 2.71. The van der Waals surface area contributed by atoms with E-state index in [9.17, 15) is 14.9 Å². The number of rotatable bonds is 5. The van der Waals surface area contributed by atoms with Gasteiger partial charge in [-0.15, -0.1) is 11.3 Å². The zero-order valence-electron chi connectivity index (χ0n) is 13.8. The molecule has 0 unspecified atom stereocenters. The molecule has 128 valence electrons. The number of hydrogen-bond acceptors (Lipinski definition) is 6. The van der Waals surface area contributed by atoms with E-state index in [1.54, 1.807) is 19.3 Å². The molecule has 0 aromatic carbocycles. The van der Waals surface area contributed by atoms with E-state index >= 15 is 0 Å². The minimum absolute atomic E-state index is 0.0108. The third-order valence-electron chi connectivity index (χ3n) is 3.27. The van der Waals surface area contributed by atoms with Gasteiger partial charge in [-0.05, 0) is 13.8 Å². The number of H-pyrrole nitrogens is 1. The third kappa shape index (κ3) is 3.86. The molecule has 0 spiro atoms. The molecule has 7 nitrogen and oxygen atoms in total. The van der Waals surface area contributed by atoms with Crippen LogP contribution in [0.3, 0.4) is 0 Å². The summed E-state index contributed by atoms with van der Waals surface area (Å²) in [6.07, 6.45) is 4.54. The fourth-order valence-electron chi connectivity index (χ4n) is 2.01. The molecular formula is C17H16N4O3S. The largest absolute Gasteiger partial charge is 0.457 e. The van der Waals surface area contributed by atoms with Gasteiger partial charge in [-0.25, -0.2) is 9.78 Å². The van der Waals surface area contributed by atoms with Crippen molar-refractivity contribution in [3.8, 4) is 6.07 Å². The summed E-state index contributed by atoms with van der Waals surface area (Å²) in [7, 11) is 0. The summed E-state index contributed by atoms with van der Waals surface area (Å²) in [6.45, 7) is 7.36. The SMILES string of the molecule is C=CCOC(=O)/C(C#N)=c1\sc(=C=Cc2nc[nH]c2C)c(=O)n1CC. The molecular weight excluding hydrogens is 340 g/mol. The van der Waals surface area contributed by atoms with Gasteiger partial charge in [0.25, 0.3) is 5.56 Å². The van der Waals surface area contributed by atoms with Gasteiger partial charge in [0, 0.05) is 18.3 Å². The van der Waals surface area contributed by atoms with Crippen molar-refractivity contribution < 1.29 is 9.53 Å². The minimum Gasteiger partial charge on any atom is -0.457 e. The summed E-state index contributed by atoms with van der Waals surface area (Å²) < 4.78 is 6.80. The van der Waals surface area contributed by atoms with Gasteiger partial charge in [-0.3, -0.25) is 9.36 Å². The first-order chi connectivity index (χ1) is 12.0. The van der Waals surface area contributed by atoms with Crippen molar-refractivity contribution in [2.24, 2.45) is 0 Å². The van der Waals surface area contributed by atoms with Crippen LogP contribution in [0.15, 0.2) is 23.8 Å². The Labute approximate surface area is 147 Å². The highest BCUT2D eigenvalue weighted by atomic mass is 32.1. The number of aromatic amines is 1. The van der Waals surface area contributed by atoms with Crippen molar-refractivity contribution in [3.05, 3.63) is 49.9 Å². The van der Waals surface area contributed by atoms with Crippen molar-refractivity contribution in [3.63, 3.8) is 0 Å². The molecule has 0 atom stereocenters. The molecule has 2 rings (SSSR count). The van der Waals surface area contributed by atoms with Crippen molar-refractivity contribution in [1.29, 1.82) is 5.26 Å². The molecule has 0 aliphatic carbocycles. The number of hydrogen-bond donors (Lipinski definition) is 1. The Morgan fingerprint density at radius 3 is 2.92 bits per heavy atom. The monoisotopic (exact) mass is 356 g/mol. The van der Waals surface area contributed by atoms with Crippen LogP contribution in [0.25, 0.3) is 17.4 Å². The Bertz CT molecular complexity index is 1060. The number of thiazole rings is 1. The molecule has 2 aromatic rings. The number of nitrogens with zero attached hydrogens (tertiary/aromatic N) is 3. The summed E-state index contributed by atoms with van der Waals surface area (Å²) in [5, 5.41) is 9.32. The molecule has 0 fully saturated rings. The van der Waals surface area contributed by atoms with E-state index in [0.29, 0.717) is 12.2 Å². The van der Waals surface area contributed by atoms with Crippen LogP contribution in [-0.2, 0) is 16.1 Å². The Morgan fingerprint density at radius 1 is 1.60 bits per heavy atom. The lowest BCUT2D eigenvalue weighted by molar-refractivity contribution is -0.135. The van der Waals surface area contributed by atoms with Gasteiger partial charge < -0.3 is 9.72 Å². The van der Waals surface area contributed by atoms with Crippen molar-refractivity contribution >= 4 is 34.7 Å². The molecule has 8 heteroatoms. The average molecular weight is 356 g/mol. The molecule has 0 saturated carbocycles. The van der Waals surface area contributed by atoms with Crippen LogP contribution in [0.1, 0.15) is 18.3 Å². The highest BCUT2D eigenvalue weighted by Gasteiger charge is 2.16. The summed E-state index contributed by atoms with van der Waals surface area (Å²) >= 11 is 1.02. The maximum Gasteiger partial charge on any atom is 0.352 e. The van der Waals surface area contributed by atoms with E-state index in [1.807, 2.05) is 13.0 Å². The second kappa shape index (κ2) is 8.11. The highest BCUT2D eigenvalue weighted by molar-refractivity contribution is 7.07. The minimum atomic E-state index is -0.787. The lowest BCUT2D eigenvalue weighted by Gasteiger charge is -2.00. The predicted octanol–water partition coefficient (Wildman–Crippen LogP) is 0.458. The summed E-state index contributed by atoms with van der Waals surface area (Å²) in [4.78, 5) is 31.6. The first-order valence-corrected chi connectivity index (χ1v) is 8.23. The third-order valence-corrected chi connectivity index (χ3v) is 4.38. The van der Waals surface area contributed by atoms with E-state index in [2.05, 4.69) is 22.3 Å². The van der Waals surface area contributed by atoms with E-state index in [4.69, 9.17) is 4.74 Å². The molecule has 0 radical (unpaired) electrons. The maximum atomic E-state index is 12.5. The smallest absolute Gasteiger partial charge is 0.352 e. The topological polar surface area (TPSA) is 101 Å². The van der Waals surface area contributed by atoms with Crippen molar-refractivity contribution in [2.75, 3.05) is 6.61 Å². The van der Waals surface area contributed by atoms with E-state index < -0.39 is 5.97 Å². The molecule has 2 aromatic heterocycles. The summed E-state index contributed by atoms with van der Waals surface area (Å²) in [6, 6.07) is 1.82. The average Bonchev–Trinajstić information content (AvgIpc) is 3.15. The maximum absolute atomic E-state index is 12.5. The number of ether oxygens (including phenoxy) is 1. The zero-order chi connectivity index (χ0) is 18.4. The standard InChI is InChI=1S/C17H16N4O3S/c1-4-8-24-17(23)12(9-18)16-21(5-2)15(22)14(25-16)7-6-13-11(3)19-10-20-13/h4,6,10H,1,5,8H2,2-3H3,(H,19,20)/b16-12-. The fraction of sp³-hybridized carbons (Fsp3) is 0.235. The molecule has 0 bridgehead atoms. The van der Waals surface area contributed by atoms with Crippen LogP contribution in [0.5, 0.6) is 0 Å². The molecule has 2 heterocycles. The zero-order valence-corrected chi connectivity index (χ0v) is 14.6. The summed E-state index contributed by atoms with van der Waals surface area (Å²) in [5.41, 5.74) is 3.87. The van der Waals surface area contributed by atoms with Crippen LogP contribution in [0.4, 0.5) is 0 Å². The number of imidazole rings is 1. The van der Waals surface area contributed by atoms with E-state index in [1.165, 1.54) is 10.6 Å². The second-order valence-electron chi connectivity index (χ2n) is 4.86. The molecule has 25 heavy (non-hydrogen) atoms. The normalized spacial score (nSPS) is 11.2. The van der Waals surface area contributed by atoms with E-state index in [-0.39, 0.29) is 26.9 Å². The Morgan fingerprint density at radius 2 is 2.36 bits per heavy atom. The molecule has 0 aliphatic rings. The molecule has 0 aliphatic heterocycles. The van der Waals surface area contributed by atoms with Crippen LogP contribution in [0, 0.1) is 18.3 Å². The number of aryl methyl sites for hydroxylation is 1. The van der Waals surface area contributed by atoms with Gasteiger partial charge in [0.15, 0.2) is 5.57 Å². The fourth-order valence-corrected chi connectivity index (χ4v) is 3.07. The van der Waals surface area contributed by atoms with Gasteiger partial charge in [-0.1, -0.05) is 18.4 Å². The van der Waals surface area contributed by atoms with Gasteiger partial charge in [0.2, 0.25) is 0 Å². The van der Waals surface area contributed by atoms with Gasteiger partial charge in [-0.2, -0.15) is 5.26 Å². The highest BCUT2D eigenvalue weighted by Crippen LogP contribution is 2.01. The number of esters is 1. The molecule has 1 N–H and O–H groups in total. The van der Waals surface area contributed by atoms with Gasteiger partial charge >= 0.3 is 5.97 Å². The second-order valence-corrected chi connectivity index (χ2v) is 5.86. The number of nitriles is 1. The Kier molecular flexibility index (Phi) is 5.90. The lowest BCUT2D eigenvalue weighted by Crippen LogP contribution is -2.32. The van der Waals surface area contributed by atoms with Crippen LogP contribution in [-0.4, -0.2) is 27.1 Å². The van der Waals surface area contributed by atoms with Crippen LogP contribution < -0.4 is 14.8 Å². The predicted molar refractivity (Wildman–Crippen MR) is 94.9 cm³/mol. The number of aromatic nitrogens is 3. The molecule has 0 saturated heterocycles. The van der Waals surface area contributed by atoms with Crippen LogP contribution in [0.2, 0.25) is 0 Å². The first kappa shape index (κ1) is 18.2. The van der Waals surface area contributed by atoms with Gasteiger partial charge in [0.1, 0.15) is 21.9 Å². The number of nitrogens with one attached hydrogen (secondary N) is 1. The quantitative estimate of drug-likeness (QED) is 0.619.